The Morgan fingerprint density at radius 1 is 0.812 bits per heavy atom. The van der Waals surface area contributed by atoms with Crippen LogP contribution < -0.4 is 5.73 Å². The number of hydrogen-bond donors (Lipinski definition) is 1. The molecule has 0 saturated carbocycles. The van der Waals surface area contributed by atoms with Crippen LogP contribution in [0, 0.1) is 0 Å². The summed E-state index contributed by atoms with van der Waals surface area (Å²) in [5, 5.41) is 0. The first-order valence-corrected chi connectivity index (χ1v) is 6.49. The summed E-state index contributed by atoms with van der Waals surface area (Å²) in [4.78, 5) is 20.5. The number of unbranched alkanes of at least 4 members (excludes halogenated alkanes) is 9. The molecular formula is C13H25NO2. The molecule has 0 aromatic rings. The first-order valence-electron chi connectivity index (χ1n) is 6.49. The van der Waals surface area contributed by atoms with Crippen LogP contribution >= 0.6 is 0 Å². The predicted molar refractivity (Wildman–Crippen MR) is 66.0 cm³/mol. The number of carbonyl (C=O) groups is 2. The summed E-state index contributed by atoms with van der Waals surface area (Å²) in [6, 6.07) is 0. The Hall–Kier alpha value is -0.860. The molecule has 0 heterocycles. The summed E-state index contributed by atoms with van der Waals surface area (Å²) >= 11 is 0. The fourth-order valence-corrected chi connectivity index (χ4v) is 1.76. The van der Waals surface area contributed by atoms with Crippen LogP contribution in [-0.2, 0) is 9.59 Å². The number of aldehydes is 1. The third-order valence-corrected chi connectivity index (χ3v) is 2.75. The molecule has 1 amide bonds. The highest BCUT2D eigenvalue weighted by Crippen LogP contribution is 2.10. The number of nitrogens with two attached hydrogens (primary N) is 1. The molecule has 0 rings (SSSR count). The molecule has 0 saturated heterocycles. The average Bonchev–Trinajstić information content (AvgIpc) is 2.25. The van der Waals surface area contributed by atoms with Gasteiger partial charge in [0.2, 0.25) is 5.91 Å². The average molecular weight is 227 g/mol. The Morgan fingerprint density at radius 2 is 1.25 bits per heavy atom. The van der Waals surface area contributed by atoms with Crippen molar-refractivity contribution in [3.63, 3.8) is 0 Å². The third kappa shape index (κ3) is 13.1. The minimum Gasteiger partial charge on any atom is -0.370 e. The minimum absolute atomic E-state index is 0.185. The normalized spacial score (nSPS) is 10.2. The summed E-state index contributed by atoms with van der Waals surface area (Å²) in [5.41, 5.74) is 5.05. The van der Waals surface area contributed by atoms with Crippen LogP contribution in [0.25, 0.3) is 0 Å². The Morgan fingerprint density at radius 3 is 1.69 bits per heavy atom. The fourth-order valence-electron chi connectivity index (χ4n) is 1.76. The monoisotopic (exact) mass is 227 g/mol. The van der Waals surface area contributed by atoms with Gasteiger partial charge in [-0.2, -0.15) is 0 Å². The van der Waals surface area contributed by atoms with Crippen LogP contribution in [0.1, 0.15) is 70.6 Å². The largest absolute Gasteiger partial charge is 0.370 e. The van der Waals surface area contributed by atoms with Gasteiger partial charge in [-0.3, -0.25) is 4.79 Å². The SMILES string of the molecule is NC(=O)CCCCCCCCCCCC=O. The Balaban J connectivity index is 2.93. The molecule has 0 aromatic carbocycles. The van der Waals surface area contributed by atoms with Crippen LogP contribution in [0.5, 0.6) is 0 Å². The van der Waals surface area contributed by atoms with Crippen LogP contribution in [-0.4, -0.2) is 12.2 Å². The Labute approximate surface area is 98.8 Å². The van der Waals surface area contributed by atoms with Crippen LogP contribution in [0.4, 0.5) is 0 Å². The van der Waals surface area contributed by atoms with Gasteiger partial charge in [0.05, 0.1) is 0 Å². The summed E-state index contributed by atoms with van der Waals surface area (Å²) in [5.74, 6) is -0.185. The van der Waals surface area contributed by atoms with Gasteiger partial charge in [0, 0.05) is 12.8 Å². The highest BCUT2D eigenvalue weighted by molar-refractivity contribution is 5.73. The van der Waals surface area contributed by atoms with Gasteiger partial charge >= 0.3 is 0 Å². The summed E-state index contributed by atoms with van der Waals surface area (Å²) in [7, 11) is 0. The molecule has 0 spiro atoms. The van der Waals surface area contributed by atoms with Gasteiger partial charge in [0.25, 0.3) is 0 Å². The molecule has 3 heteroatoms. The van der Waals surface area contributed by atoms with E-state index < -0.39 is 0 Å². The van der Waals surface area contributed by atoms with E-state index in [1.807, 2.05) is 0 Å². The molecule has 0 atom stereocenters. The van der Waals surface area contributed by atoms with E-state index in [-0.39, 0.29) is 5.91 Å². The second-order valence-corrected chi connectivity index (χ2v) is 4.35. The number of rotatable bonds is 12. The van der Waals surface area contributed by atoms with E-state index in [1.54, 1.807) is 0 Å². The van der Waals surface area contributed by atoms with Crippen LogP contribution in [0.15, 0.2) is 0 Å². The second kappa shape index (κ2) is 12.2. The van der Waals surface area contributed by atoms with Crippen molar-refractivity contribution < 1.29 is 9.59 Å². The van der Waals surface area contributed by atoms with Crippen molar-refractivity contribution in [1.29, 1.82) is 0 Å². The highest BCUT2D eigenvalue weighted by atomic mass is 16.1. The van der Waals surface area contributed by atoms with Crippen LogP contribution in [0.2, 0.25) is 0 Å². The maximum absolute atomic E-state index is 10.5. The lowest BCUT2D eigenvalue weighted by atomic mass is 10.1. The number of carbonyl (C=O) groups excluding carboxylic acids is 2. The quantitative estimate of drug-likeness (QED) is 0.411. The molecule has 94 valence electrons. The zero-order chi connectivity index (χ0) is 12.1. The van der Waals surface area contributed by atoms with E-state index >= 15 is 0 Å². The van der Waals surface area contributed by atoms with Crippen molar-refractivity contribution in [2.24, 2.45) is 5.73 Å². The molecule has 0 aromatic heterocycles. The summed E-state index contributed by atoms with van der Waals surface area (Å²) in [6.07, 6.45) is 12.8. The summed E-state index contributed by atoms with van der Waals surface area (Å²) < 4.78 is 0. The number of amides is 1. The van der Waals surface area contributed by atoms with Gasteiger partial charge in [0.1, 0.15) is 6.29 Å². The highest BCUT2D eigenvalue weighted by Gasteiger charge is 1.95. The molecule has 2 N–H and O–H groups in total. The van der Waals surface area contributed by atoms with Crippen LogP contribution in [0.3, 0.4) is 0 Å². The van der Waals surface area contributed by atoms with Gasteiger partial charge in [-0.25, -0.2) is 0 Å². The van der Waals surface area contributed by atoms with Crippen molar-refractivity contribution in [3.05, 3.63) is 0 Å². The molecule has 0 aliphatic rings. The van der Waals surface area contributed by atoms with E-state index in [0.717, 1.165) is 25.5 Å². The van der Waals surface area contributed by atoms with E-state index in [9.17, 15) is 9.59 Å². The molecule has 0 bridgehead atoms. The first-order chi connectivity index (χ1) is 7.77. The van der Waals surface area contributed by atoms with Gasteiger partial charge < -0.3 is 10.5 Å². The van der Waals surface area contributed by atoms with E-state index in [2.05, 4.69) is 0 Å². The molecule has 0 aliphatic carbocycles. The summed E-state index contributed by atoms with van der Waals surface area (Å²) in [6.45, 7) is 0. The minimum atomic E-state index is -0.185. The lowest BCUT2D eigenvalue weighted by molar-refractivity contribution is -0.118. The van der Waals surface area contributed by atoms with Gasteiger partial charge in [-0.05, 0) is 12.8 Å². The lowest BCUT2D eigenvalue weighted by Gasteiger charge is -2.01. The van der Waals surface area contributed by atoms with Gasteiger partial charge in [0.15, 0.2) is 0 Å². The first kappa shape index (κ1) is 15.1. The maximum atomic E-state index is 10.5. The molecule has 0 aliphatic heterocycles. The zero-order valence-electron chi connectivity index (χ0n) is 10.2. The fraction of sp³-hybridized carbons (Fsp3) is 0.846. The Bertz CT molecular complexity index is 181. The van der Waals surface area contributed by atoms with Crippen molar-refractivity contribution in [3.8, 4) is 0 Å². The molecule has 0 radical (unpaired) electrons. The van der Waals surface area contributed by atoms with E-state index in [0.29, 0.717) is 12.8 Å². The predicted octanol–water partition coefficient (Wildman–Crippen LogP) is 2.96. The van der Waals surface area contributed by atoms with Gasteiger partial charge in [-0.1, -0.05) is 44.9 Å². The maximum Gasteiger partial charge on any atom is 0.217 e. The molecule has 16 heavy (non-hydrogen) atoms. The number of hydrogen-bond acceptors (Lipinski definition) is 2. The van der Waals surface area contributed by atoms with Crippen molar-refractivity contribution >= 4 is 12.2 Å². The lowest BCUT2D eigenvalue weighted by Crippen LogP contribution is -2.09. The zero-order valence-corrected chi connectivity index (χ0v) is 10.2. The Kier molecular flexibility index (Phi) is 11.6. The second-order valence-electron chi connectivity index (χ2n) is 4.35. The third-order valence-electron chi connectivity index (χ3n) is 2.75. The topological polar surface area (TPSA) is 60.2 Å². The standard InChI is InChI=1S/C13H25NO2/c14-13(16)11-9-7-5-3-1-2-4-6-8-10-12-15/h12H,1-11H2,(H2,14,16). The molecule has 0 fully saturated rings. The van der Waals surface area contributed by atoms with Crippen molar-refractivity contribution in [2.75, 3.05) is 0 Å². The molecular weight excluding hydrogens is 202 g/mol. The molecule has 0 unspecified atom stereocenters. The van der Waals surface area contributed by atoms with E-state index in [1.165, 1.54) is 38.5 Å². The van der Waals surface area contributed by atoms with Crippen molar-refractivity contribution in [2.45, 2.75) is 70.6 Å². The smallest absolute Gasteiger partial charge is 0.217 e. The van der Waals surface area contributed by atoms with E-state index in [4.69, 9.17) is 5.73 Å². The van der Waals surface area contributed by atoms with Gasteiger partial charge in [-0.15, -0.1) is 0 Å². The molecule has 3 nitrogen and oxygen atoms in total. The number of primary amides is 1. The van der Waals surface area contributed by atoms with Crippen molar-refractivity contribution in [1.82, 2.24) is 0 Å².